The van der Waals surface area contributed by atoms with Gasteiger partial charge in [-0.2, -0.15) is 0 Å². The number of halogens is 1. The van der Waals surface area contributed by atoms with Gasteiger partial charge in [0.25, 0.3) is 0 Å². The van der Waals surface area contributed by atoms with E-state index in [1.54, 1.807) is 0 Å². The maximum Gasteiger partial charge on any atom is 0.223 e. The third kappa shape index (κ3) is 4.49. The van der Waals surface area contributed by atoms with Crippen LogP contribution in [0.25, 0.3) is 0 Å². The van der Waals surface area contributed by atoms with Crippen LogP contribution in [0.4, 0.5) is 0 Å². The lowest BCUT2D eigenvalue weighted by molar-refractivity contribution is -0.125. The Balaban J connectivity index is 1.84. The van der Waals surface area contributed by atoms with E-state index in [0.717, 1.165) is 18.7 Å². The first-order chi connectivity index (χ1) is 9.15. The predicted octanol–water partition coefficient (Wildman–Crippen LogP) is 1.90. The van der Waals surface area contributed by atoms with Gasteiger partial charge in [-0.15, -0.1) is 0 Å². The molecule has 0 aliphatic carbocycles. The van der Waals surface area contributed by atoms with Crippen LogP contribution < -0.4 is 10.6 Å². The van der Waals surface area contributed by atoms with E-state index in [-0.39, 0.29) is 18.1 Å². The second kappa shape index (κ2) is 6.89. The van der Waals surface area contributed by atoms with Crippen molar-refractivity contribution in [2.45, 2.75) is 25.5 Å². The second-order valence-corrected chi connectivity index (χ2v) is 5.18. The minimum Gasteiger partial charge on any atom is -0.375 e. The first-order valence-corrected chi connectivity index (χ1v) is 6.90. The highest BCUT2D eigenvalue weighted by atomic mass is 35.5. The van der Waals surface area contributed by atoms with Gasteiger partial charge in [0.15, 0.2) is 0 Å². The Kier molecular flexibility index (Phi) is 5.19. The van der Waals surface area contributed by atoms with Gasteiger partial charge in [-0.3, -0.25) is 4.79 Å². The molecule has 1 aliphatic heterocycles. The molecule has 1 unspecified atom stereocenters. The fourth-order valence-corrected chi connectivity index (χ4v) is 2.32. The van der Waals surface area contributed by atoms with Crippen molar-refractivity contribution >= 4 is 17.5 Å². The van der Waals surface area contributed by atoms with Crippen molar-refractivity contribution in [1.29, 1.82) is 0 Å². The summed E-state index contributed by atoms with van der Waals surface area (Å²) < 4.78 is 5.51. The Labute approximate surface area is 118 Å². The van der Waals surface area contributed by atoms with E-state index in [1.807, 2.05) is 31.2 Å². The van der Waals surface area contributed by atoms with E-state index < -0.39 is 0 Å². The molecule has 1 heterocycles. The topological polar surface area (TPSA) is 50.4 Å². The molecule has 2 N–H and O–H groups in total. The average Bonchev–Trinajstić information content (AvgIpc) is 2.39. The summed E-state index contributed by atoms with van der Waals surface area (Å²) in [6.45, 7) is 4.21. The van der Waals surface area contributed by atoms with Gasteiger partial charge >= 0.3 is 0 Å². The molecular weight excluding hydrogens is 264 g/mol. The summed E-state index contributed by atoms with van der Waals surface area (Å²) in [5.74, 6) is 0.00109. The van der Waals surface area contributed by atoms with Crippen molar-refractivity contribution in [1.82, 2.24) is 10.6 Å². The first kappa shape index (κ1) is 14.3. The zero-order valence-corrected chi connectivity index (χ0v) is 11.7. The Morgan fingerprint density at radius 1 is 1.63 bits per heavy atom. The normalized spacial score (nSPS) is 20.8. The summed E-state index contributed by atoms with van der Waals surface area (Å²) in [5.41, 5.74) is 1.00. The third-order valence-electron chi connectivity index (χ3n) is 3.14. The Morgan fingerprint density at radius 2 is 2.47 bits per heavy atom. The highest BCUT2D eigenvalue weighted by Crippen LogP contribution is 2.17. The molecule has 2 atom stereocenters. The van der Waals surface area contributed by atoms with Crippen LogP contribution in [0.5, 0.6) is 0 Å². The first-order valence-electron chi connectivity index (χ1n) is 6.52. The summed E-state index contributed by atoms with van der Waals surface area (Å²) in [6, 6.07) is 7.47. The lowest BCUT2D eigenvalue weighted by atomic mass is 10.1. The van der Waals surface area contributed by atoms with Crippen LogP contribution in [-0.2, 0) is 9.53 Å². The van der Waals surface area contributed by atoms with Gasteiger partial charge in [0.05, 0.1) is 25.2 Å². The van der Waals surface area contributed by atoms with Gasteiger partial charge in [0, 0.05) is 18.1 Å². The van der Waals surface area contributed by atoms with Crippen LogP contribution >= 0.6 is 11.6 Å². The molecule has 0 radical (unpaired) electrons. The van der Waals surface area contributed by atoms with Gasteiger partial charge < -0.3 is 15.4 Å². The molecule has 4 nitrogen and oxygen atoms in total. The van der Waals surface area contributed by atoms with Crippen molar-refractivity contribution in [3.05, 3.63) is 34.9 Å². The molecule has 1 aliphatic rings. The van der Waals surface area contributed by atoms with E-state index in [1.165, 1.54) is 0 Å². The van der Waals surface area contributed by atoms with E-state index in [9.17, 15) is 4.79 Å². The largest absolute Gasteiger partial charge is 0.375 e. The quantitative estimate of drug-likeness (QED) is 0.887. The minimum atomic E-state index is -0.0530. The van der Waals surface area contributed by atoms with Crippen molar-refractivity contribution in [3.63, 3.8) is 0 Å². The van der Waals surface area contributed by atoms with Gasteiger partial charge in [-0.25, -0.2) is 0 Å². The molecule has 1 amide bonds. The molecule has 0 aromatic heterocycles. The van der Waals surface area contributed by atoms with Crippen molar-refractivity contribution in [2.24, 2.45) is 0 Å². The number of hydrogen-bond donors (Lipinski definition) is 2. The van der Waals surface area contributed by atoms with Crippen molar-refractivity contribution in [2.75, 3.05) is 19.7 Å². The van der Waals surface area contributed by atoms with Crippen LogP contribution in [0.3, 0.4) is 0 Å². The number of ether oxygens (including phenoxy) is 1. The van der Waals surface area contributed by atoms with Crippen LogP contribution in [0, 0.1) is 0 Å². The molecule has 0 saturated carbocycles. The standard InChI is InChI=1S/C14H19ClN2O2/c1-10(11-3-2-4-12(15)7-11)17-14(18)8-13-9-16-5-6-19-13/h2-4,7,10,13,16H,5-6,8-9H2,1H3,(H,17,18)/t10-,13?/m1/s1. The monoisotopic (exact) mass is 282 g/mol. The number of nitrogens with one attached hydrogen (secondary N) is 2. The summed E-state index contributed by atoms with van der Waals surface area (Å²) in [7, 11) is 0. The lowest BCUT2D eigenvalue weighted by Gasteiger charge is -2.24. The maximum absolute atomic E-state index is 11.9. The van der Waals surface area contributed by atoms with Gasteiger partial charge in [-0.1, -0.05) is 23.7 Å². The predicted molar refractivity (Wildman–Crippen MR) is 75.2 cm³/mol. The van der Waals surface area contributed by atoms with Gasteiger partial charge in [0.1, 0.15) is 0 Å². The summed E-state index contributed by atoms with van der Waals surface area (Å²) in [5, 5.41) is 6.85. The fraction of sp³-hybridized carbons (Fsp3) is 0.500. The smallest absolute Gasteiger partial charge is 0.223 e. The number of morpholine rings is 1. The van der Waals surface area contributed by atoms with Crippen LogP contribution in [0.1, 0.15) is 24.9 Å². The number of carbonyl (C=O) groups is 1. The number of hydrogen-bond acceptors (Lipinski definition) is 3. The summed E-state index contributed by atoms with van der Waals surface area (Å²) in [4.78, 5) is 11.9. The number of amides is 1. The van der Waals surface area contributed by atoms with Crippen LogP contribution in [0.15, 0.2) is 24.3 Å². The zero-order chi connectivity index (χ0) is 13.7. The van der Waals surface area contributed by atoms with E-state index in [0.29, 0.717) is 18.1 Å². The Bertz CT molecular complexity index is 433. The summed E-state index contributed by atoms with van der Waals surface area (Å²) >= 11 is 5.94. The summed E-state index contributed by atoms with van der Waals surface area (Å²) in [6.07, 6.45) is 0.359. The molecule has 5 heteroatoms. The van der Waals surface area contributed by atoms with Crippen LogP contribution in [0.2, 0.25) is 5.02 Å². The molecule has 1 aromatic carbocycles. The minimum absolute atomic E-state index is 0.00109. The third-order valence-corrected chi connectivity index (χ3v) is 3.38. The van der Waals surface area contributed by atoms with Gasteiger partial charge in [0.2, 0.25) is 5.91 Å². The van der Waals surface area contributed by atoms with E-state index in [2.05, 4.69) is 10.6 Å². The molecular formula is C14H19ClN2O2. The van der Waals surface area contributed by atoms with E-state index >= 15 is 0 Å². The number of carbonyl (C=O) groups excluding carboxylic acids is 1. The van der Waals surface area contributed by atoms with Gasteiger partial charge in [-0.05, 0) is 24.6 Å². The van der Waals surface area contributed by atoms with E-state index in [4.69, 9.17) is 16.3 Å². The fourth-order valence-electron chi connectivity index (χ4n) is 2.12. The average molecular weight is 283 g/mol. The molecule has 1 fully saturated rings. The molecule has 1 aromatic rings. The molecule has 19 heavy (non-hydrogen) atoms. The number of benzene rings is 1. The second-order valence-electron chi connectivity index (χ2n) is 4.75. The Hall–Kier alpha value is -1.10. The molecule has 2 rings (SSSR count). The molecule has 0 bridgehead atoms. The maximum atomic E-state index is 11.9. The highest BCUT2D eigenvalue weighted by Gasteiger charge is 2.18. The Morgan fingerprint density at radius 3 is 3.16 bits per heavy atom. The highest BCUT2D eigenvalue weighted by molar-refractivity contribution is 6.30. The SMILES string of the molecule is C[C@@H](NC(=O)CC1CNCCO1)c1cccc(Cl)c1. The van der Waals surface area contributed by atoms with Crippen molar-refractivity contribution in [3.8, 4) is 0 Å². The molecule has 1 saturated heterocycles. The van der Waals surface area contributed by atoms with Crippen molar-refractivity contribution < 1.29 is 9.53 Å². The molecule has 0 spiro atoms. The lowest BCUT2D eigenvalue weighted by Crippen LogP contribution is -2.41. The zero-order valence-electron chi connectivity index (χ0n) is 11.0. The number of rotatable bonds is 4. The molecule has 104 valence electrons. The van der Waals surface area contributed by atoms with Crippen LogP contribution in [-0.4, -0.2) is 31.7 Å².